The Labute approximate surface area is 126 Å². The second-order valence-corrected chi connectivity index (χ2v) is 6.87. The topological polar surface area (TPSA) is 72.5 Å². The third-order valence-electron chi connectivity index (χ3n) is 3.39. The van der Waals surface area contributed by atoms with Crippen LogP contribution in [0.4, 0.5) is 5.69 Å². The monoisotopic (exact) mass is 313 g/mol. The molecule has 1 aromatic rings. The molecule has 5 nitrogen and oxygen atoms in total. The zero-order valence-corrected chi connectivity index (χ0v) is 13.6. The van der Waals surface area contributed by atoms with Crippen molar-refractivity contribution in [3.8, 4) is 0 Å². The van der Waals surface area contributed by atoms with Gasteiger partial charge in [-0.05, 0) is 36.5 Å². The van der Waals surface area contributed by atoms with Crippen molar-refractivity contribution >= 4 is 21.7 Å². The Kier molecular flexibility index (Phi) is 6.68. The van der Waals surface area contributed by atoms with Gasteiger partial charge in [-0.15, -0.1) is 0 Å². The van der Waals surface area contributed by atoms with Gasteiger partial charge >= 0.3 is 5.97 Å². The summed E-state index contributed by atoms with van der Waals surface area (Å²) in [5, 5.41) is 0. The van der Waals surface area contributed by atoms with Gasteiger partial charge in [0.2, 0.25) is 10.0 Å². The normalized spacial score (nSPS) is 12.7. The van der Waals surface area contributed by atoms with Crippen molar-refractivity contribution in [2.24, 2.45) is 0 Å². The lowest BCUT2D eigenvalue weighted by Gasteiger charge is -2.11. The number of benzene rings is 1. The second-order valence-electron chi connectivity index (χ2n) is 5.03. The van der Waals surface area contributed by atoms with E-state index in [2.05, 4.69) is 23.3 Å². The molecule has 0 saturated carbocycles. The minimum absolute atomic E-state index is 0.102. The molecule has 21 heavy (non-hydrogen) atoms. The van der Waals surface area contributed by atoms with Gasteiger partial charge in [0.15, 0.2) is 0 Å². The molecule has 0 aliphatic heterocycles. The summed E-state index contributed by atoms with van der Waals surface area (Å²) in [6.45, 7) is 4.24. The van der Waals surface area contributed by atoms with Crippen molar-refractivity contribution in [2.75, 3.05) is 17.6 Å². The van der Waals surface area contributed by atoms with Crippen molar-refractivity contribution in [3.63, 3.8) is 0 Å². The summed E-state index contributed by atoms with van der Waals surface area (Å²) < 4.78 is 30.8. The van der Waals surface area contributed by atoms with Crippen LogP contribution >= 0.6 is 0 Å². The predicted molar refractivity (Wildman–Crippen MR) is 83.8 cm³/mol. The first-order valence-corrected chi connectivity index (χ1v) is 8.70. The number of anilines is 1. The lowest BCUT2D eigenvalue weighted by atomic mass is 9.99. The minimum atomic E-state index is -3.43. The van der Waals surface area contributed by atoms with E-state index < -0.39 is 16.0 Å². The number of carbonyl (C=O) groups excluding carboxylic acids is 1. The Morgan fingerprint density at radius 2 is 1.90 bits per heavy atom. The van der Waals surface area contributed by atoms with Crippen molar-refractivity contribution in [2.45, 2.75) is 39.0 Å². The lowest BCUT2D eigenvalue weighted by Crippen LogP contribution is -2.17. The van der Waals surface area contributed by atoms with Gasteiger partial charge in [-0.25, -0.2) is 8.42 Å². The standard InChI is InChI=1S/C15H23NO4S/c1-4-12(2)13-7-9-14(10-8-13)16-21(18,19)11-5-6-15(17)20-3/h7-10,12,16H,4-6,11H2,1-3H3. The SMILES string of the molecule is CCC(C)c1ccc(NS(=O)(=O)CCCC(=O)OC)cc1. The highest BCUT2D eigenvalue weighted by atomic mass is 32.2. The molecular formula is C15H23NO4S. The third kappa shape index (κ3) is 6.16. The molecule has 0 bridgehead atoms. The Balaban J connectivity index is 2.57. The van der Waals surface area contributed by atoms with E-state index in [1.807, 2.05) is 12.1 Å². The molecule has 0 aliphatic carbocycles. The number of methoxy groups -OCH3 is 1. The molecule has 0 spiro atoms. The molecule has 0 radical (unpaired) electrons. The van der Waals surface area contributed by atoms with Crippen LogP contribution in [0.2, 0.25) is 0 Å². The zero-order valence-electron chi connectivity index (χ0n) is 12.8. The van der Waals surface area contributed by atoms with Crippen molar-refractivity contribution in [1.82, 2.24) is 0 Å². The zero-order chi connectivity index (χ0) is 15.9. The average molecular weight is 313 g/mol. The highest BCUT2D eigenvalue weighted by Crippen LogP contribution is 2.21. The Bertz CT molecular complexity index is 552. The van der Waals surface area contributed by atoms with Crippen LogP contribution < -0.4 is 4.72 Å². The molecule has 0 fully saturated rings. The number of ether oxygens (including phenoxy) is 1. The van der Waals surface area contributed by atoms with Gasteiger partial charge < -0.3 is 4.74 Å². The van der Waals surface area contributed by atoms with E-state index in [0.29, 0.717) is 11.6 Å². The van der Waals surface area contributed by atoms with Crippen LogP contribution in [0.5, 0.6) is 0 Å². The summed E-state index contributed by atoms with van der Waals surface area (Å²) in [6, 6.07) is 7.39. The number of rotatable bonds is 8. The fraction of sp³-hybridized carbons (Fsp3) is 0.533. The number of nitrogens with one attached hydrogen (secondary N) is 1. The number of carbonyl (C=O) groups is 1. The number of esters is 1. The molecule has 0 saturated heterocycles. The highest BCUT2D eigenvalue weighted by Gasteiger charge is 2.12. The van der Waals surface area contributed by atoms with E-state index in [1.165, 1.54) is 12.7 Å². The third-order valence-corrected chi connectivity index (χ3v) is 4.76. The molecule has 6 heteroatoms. The van der Waals surface area contributed by atoms with E-state index in [1.54, 1.807) is 12.1 Å². The van der Waals surface area contributed by atoms with Crippen LogP contribution in [0.15, 0.2) is 24.3 Å². The summed E-state index contributed by atoms with van der Waals surface area (Å²) >= 11 is 0. The number of hydrogen-bond donors (Lipinski definition) is 1. The Morgan fingerprint density at radius 3 is 2.43 bits per heavy atom. The summed E-state index contributed by atoms with van der Waals surface area (Å²) in [4.78, 5) is 10.9. The maximum Gasteiger partial charge on any atom is 0.305 e. The Hall–Kier alpha value is -1.56. The quantitative estimate of drug-likeness (QED) is 0.749. The van der Waals surface area contributed by atoms with Crippen molar-refractivity contribution in [3.05, 3.63) is 29.8 Å². The lowest BCUT2D eigenvalue weighted by molar-refractivity contribution is -0.140. The van der Waals surface area contributed by atoms with Crippen LogP contribution in [0, 0.1) is 0 Å². The van der Waals surface area contributed by atoms with Crippen LogP contribution in [0.25, 0.3) is 0 Å². The van der Waals surface area contributed by atoms with E-state index in [-0.39, 0.29) is 18.6 Å². The molecule has 0 amide bonds. The highest BCUT2D eigenvalue weighted by molar-refractivity contribution is 7.92. The summed E-state index contributed by atoms with van der Waals surface area (Å²) in [5.74, 6) is -0.0475. The van der Waals surface area contributed by atoms with Gasteiger partial charge in [0, 0.05) is 12.1 Å². The second kappa shape index (κ2) is 8.02. The van der Waals surface area contributed by atoms with Gasteiger partial charge in [-0.1, -0.05) is 26.0 Å². The summed E-state index contributed by atoms with van der Waals surface area (Å²) in [7, 11) is -2.15. The molecule has 0 aromatic heterocycles. The maximum atomic E-state index is 11.9. The van der Waals surface area contributed by atoms with Gasteiger partial charge in [-0.2, -0.15) is 0 Å². The first-order chi connectivity index (χ1) is 9.88. The first-order valence-electron chi connectivity index (χ1n) is 7.05. The average Bonchev–Trinajstić information content (AvgIpc) is 2.46. The number of hydrogen-bond acceptors (Lipinski definition) is 4. The molecular weight excluding hydrogens is 290 g/mol. The molecule has 118 valence electrons. The van der Waals surface area contributed by atoms with Crippen LogP contribution in [-0.4, -0.2) is 27.2 Å². The van der Waals surface area contributed by atoms with Gasteiger partial charge in [0.25, 0.3) is 0 Å². The van der Waals surface area contributed by atoms with Crippen molar-refractivity contribution < 1.29 is 17.9 Å². The van der Waals surface area contributed by atoms with Gasteiger partial charge in [0.05, 0.1) is 12.9 Å². The first kappa shape index (κ1) is 17.5. The maximum absolute atomic E-state index is 11.9. The predicted octanol–water partition coefficient (Wildman–Crippen LogP) is 2.90. The van der Waals surface area contributed by atoms with E-state index in [4.69, 9.17) is 0 Å². The summed E-state index contributed by atoms with van der Waals surface area (Å²) in [6.07, 6.45) is 1.38. The summed E-state index contributed by atoms with van der Waals surface area (Å²) in [5.41, 5.74) is 1.73. The van der Waals surface area contributed by atoms with Crippen molar-refractivity contribution in [1.29, 1.82) is 0 Å². The fourth-order valence-corrected chi connectivity index (χ4v) is 2.98. The molecule has 0 aliphatic rings. The van der Waals surface area contributed by atoms with Gasteiger partial charge in [0.1, 0.15) is 0 Å². The van der Waals surface area contributed by atoms with Crippen LogP contribution in [0.1, 0.15) is 44.6 Å². The minimum Gasteiger partial charge on any atom is -0.469 e. The Morgan fingerprint density at radius 1 is 1.29 bits per heavy atom. The molecule has 0 heterocycles. The van der Waals surface area contributed by atoms with Gasteiger partial charge in [-0.3, -0.25) is 9.52 Å². The molecule has 1 N–H and O–H groups in total. The molecule has 1 rings (SSSR count). The fourth-order valence-electron chi connectivity index (χ4n) is 1.85. The molecule has 1 unspecified atom stereocenters. The van der Waals surface area contributed by atoms with E-state index in [0.717, 1.165) is 6.42 Å². The van der Waals surface area contributed by atoms with Crippen LogP contribution in [0.3, 0.4) is 0 Å². The largest absolute Gasteiger partial charge is 0.469 e. The van der Waals surface area contributed by atoms with Crippen LogP contribution in [-0.2, 0) is 19.6 Å². The van der Waals surface area contributed by atoms with E-state index in [9.17, 15) is 13.2 Å². The molecule has 1 atom stereocenters. The number of sulfonamides is 1. The smallest absolute Gasteiger partial charge is 0.305 e. The van der Waals surface area contributed by atoms with E-state index >= 15 is 0 Å². The molecule has 1 aromatic carbocycles.